The van der Waals surface area contributed by atoms with Gasteiger partial charge in [0.15, 0.2) is 0 Å². The molecular formula is C15H15FN2O2. The third kappa shape index (κ3) is 2.31. The summed E-state index contributed by atoms with van der Waals surface area (Å²) in [6, 6.07) is 7.95. The van der Waals surface area contributed by atoms with Crippen LogP contribution in [-0.4, -0.2) is 22.5 Å². The highest BCUT2D eigenvalue weighted by Gasteiger charge is 2.32. The van der Waals surface area contributed by atoms with Gasteiger partial charge in [0.05, 0.1) is 11.7 Å². The van der Waals surface area contributed by atoms with E-state index in [-0.39, 0.29) is 23.5 Å². The Kier molecular flexibility index (Phi) is 3.26. The average Bonchev–Trinajstić information content (AvgIpc) is 3.06. The zero-order chi connectivity index (χ0) is 14.1. The molecule has 0 N–H and O–H groups in total. The molecule has 2 aromatic rings. The van der Waals surface area contributed by atoms with Gasteiger partial charge in [-0.05, 0) is 37.5 Å². The fourth-order valence-corrected chi connectivity index (χ4v) is 2.68. The van der Waals surface area contributed by atoms with Crippen LogP contribution in [-0.2, 0) is 0 Å². The number of hydrogen-bond donors (Lipinski definition) is 0. The molecule has 1 aliphatic rings. The smallest absolute Gasteiger partial charge is 0.292 e. The molecule has 0 saturated carbocycles. The number of halogens is 1. The third-order valence-corrected chi connectivity index (χ3v) is 3.59. The maximum atomic E-state index is 13.3. The number of hydrogen-bond acceptors (Lipinski definition) is 3. The highest BCUT2D eigenvalue weighted by atomic mass is 19.1. The van der Waals surface area contributed by atoms with Gasteiger partial charge < -0.3 is 9.42 Å². The standard InChI is InChI=1S/C15H15FN2O2/c1-10-8-14(20-17-10)15(19)18-7-3-6-13(18)11-4-2-5-12(16)9-11/h2,4-5,8-9,13H,3,6-7H2,1H3. The second-order valence-electron chi connectivity index (χ2n) is 5.04. The molecule has 0 aliphatic carbocycles. The first-order chi connectivity index (χ1) is 9.65. The predicted octanol–water partition coefficient (Wildman–Crippen LogP) is 3.10. The van der Waals surface area contributed by atoms with E-state index >= 15 is 0 Å². The van der Waals surface area contributed by atoms with Crippen molar-refractivity contribution in [1.29, 1.82) is 0 Å². The number of carbonyl (C=O) groups is 1. The van der Waals surface area contributed by atoms with Gasteiger partial charge in [-0.25, -0.2) is 4.39 Å². The van der Waals surface area contributed by atoms with Gasteiger partial charge in [-0.15, -0.1) is 0 Å². The summed E-state index contributed by atoms with van der Waals surface area (Å²) in [5.41, 5.74) is 1.50. The molecule has 0 bridgehead atoms. The Balaban J connectivity index is 1.87. The van der Waals surface area contributed by atoms with E-state index in [1.54, 1.807) is 24.0 Å². The van der Waals surface area contributed by atoms with E-state index in [1.807, 2.05) is 6.07 Å². The third-order valence-electron chi connectivity index (χ3n) is 3.59. The summed E-state index contributed by atoms with van der Waals surface area (Å²) in [5, 5.41) is 3.74. The molecule has 4 nitrogen and oxygen atoms in total. The minimum absolute atomic E-state index is 0.0939. The van der Waals surface area contributed by atoms with Crippen molar-refractivity contribution in [2.45, 2.75) is 25.8 Å². The van der Waals surface area contributed by atoms with E-state index in [0.717, 1.165) is 18.4 Å². The Bertz CT molecular complexity index is 638. The molecule has 0 spiro atoms. The van der Waals surface area contributed by atoms with Gasteiger partial charge in [0.2, 0.25) is 5.76 Å². The molecule has 0 radical (unpaired) electrons. The van der Waals surface area contributed by atoms with Crippen LogP contribution in [0.4, 0.5) is 4.39 Å². The van der Waals surface area contributed by atoms with E-state index in [0.29, 0.717) is 12.2 Å². The van der Waals surface area contributed by atoms with Crippen LogP contribution in [0.2, 0.25) is 0 Å². The van der Waals surface area contributed by atoms with E-state index in [1.165, 1.54) is 12.1 Å². The Morgan fingerprint density at radius 2 is 2.30 bits per heavy atom. The molecule has 2 heterocycles. The number of carbonyl (C=O) groups excluding carboxylic acids is 1. The van der Waals surface area contributed by atoms with Crippen LogP contribution in [0, 0.1) is 12.7 Å². The summed E-state index contributed by atoms with van der Waals surface area (Å²) < 4.78 is 18.4. The second-order valence-corrected chi connectivity index (χ2v) is 5.04. The molecule has 5 heteroatoms. The van der Waals surface area contributed by atoms with E-state index in [2.05, 4.69) is 5.16 Å². The van der Waals surface area contributed by atoms with Crippen molar-refractivity contribution in [2.75, 3.05) is 6.54 Å². The van der Waals surface area contributed by atoms with Crippen molar-refractivity contribution in [1.82, 2.24) is 10.1 Å². The zero-order valence-electron chi connectivity index (χ0n) is 11.2. The highest BCUT2D eigenvalue weighted by Crippen LogP contribution is 2.33. The highest BCUT2D eigenvalue weighted by molar-refractivity contribution is 5.92. The van der Waals surface area contributed by atoms with Gasteiger partial charge >= 0.3 is 0 Å². The van der Waals surface area contributed by atoms with Gasteiger partial charge in [-0.3, -0.25) is 4.79 Å². The molecule has 1 atom stereocenters. The number of amides is 1. The van der Waals surface area contributed by atoms with Crippen LogP contribution in [0.15, 0.2) is 34.9 Å². The number of aromatic nitrogens is 1. The van der Waals surface area contributed by atoms with Gasteiger partial charge in [-0.1, -0.05) is 17.3 Å². The topological polar surface area (TPSA) is 46.3 Å². The first kappa shape index (κ1) is 12.8. The quantitative estimate of drug-likeness (QED) is 0.845. The Morgan fingerprint density at radius 1 is 1.45 bits per heavy atom. The SMILES string of the molecule is Cc1cc(C(=O)N2CCCC2c2cccc(F)c2)on1. The van der Waals surface area contributed by atoms with Crippen molar-refractivity contribution in [3.05, 3.63) is 53.2 Å². The predicted molar refractivity (Wildman–Crippen MR) is 70.7 cm³/mol. The monoisotopic (exact) mass is 274 g/mol. The van der Waals surface area contributed by atoms with Crippen molar-refractivity contribution >= 4 is 5.91 Å². The summed E-state index contributed by atoms with van der Waals surface area (Å²) in [7, 11) is 0. The number of aryl methyl sites for hydroxylation is 1. The number of likely N-dealkylation sites (tertiary alicyclic amines) is 1. The van der Waals surface area contributed by atoms with Crippen LogP contribution in [0.25, 0.3) is 0 Å². The van der Waals surface area contributed by atoms with Crippen LogP contribution in [0.1, 0.15) is 40.7 Å². The number of rotatable bonds is 2. The zero-order valence-corrected chi connectivity index (χ0v) is 11.2. The van der Waals surface area contributed by atoms with Crippen molar-refractivity contribution in [3.8, 4) is 0 Å². The summed E-state index contributed by atoms with van der Waals surface area (Å²) in [4.78, 5) is 14.2. The number of benzene rings is 1. The maximum Gasteiger partial charge on any atom is 0.292 e. The average molecular weight is 274 g/mol. The molecule has 20 heavy (non-hydrogen) atoms. The van der Waals surface area contributed by atoms with Crippen LogP contribution >= 0.6 is 0 Å². The lowest BCUT2D eigenvalue weighted by Crippen LogP contribution is -2.30. The largest absolute Gasteiger partial charge is 0.351 e. The summed E-state index contributed by atoms with van der Waals surface area (Å²) in [6.07, 6.45) is 1.74. The normalized spacial score (nSPS) is 18.5. The van der Waals surface area contributed by atoms with Gasteiger partial charge in [0.25, 0.3) is 5.91 Å². The fourth-order valence-electron chi connectivity index (χ4n) is 2.68. The maximum absolute atomic E-state index is 13.3. The van der Waals surface area contributed by atoms with Crippen LogP contribution in [0.5, 0.6) is 0 Å². The minimum atomic E-state index is -0.280. The van der Waals surface area contributed by atoms with E-state index in [9.17, 15) is 9.18 Å². The minimum Gasteiger partial charge on any atom is -0.351 e. The lowest BCUT2D eigenvalue weighted by molar-refractivity contribution is 0.0693. The van der Waals surface area contributed by atoms with Crippen molar-refractivity contribution in [3.63, 3.8) is 0 Å². The lowest BCUT2D eigenvalue weighted by Gasteiger charge is -2.23. The molecule has 1 amide bonds. The van der Waals surface area contributed by atoms with Crippen LogP contribution in [0.3, 0.4) is 0 Å². The Hall–Kier alpha value is -2.17. The van der Waals surface area contributed by atoms with E-state index < -0.39 is 0 Å². The van der Waals surface area contributed by atoms with Crippen molar-refractivity contribution in [2.24, 2.45) is 0 Å². The summed E-state index contributed by atoms with van der Waals surface area (Å²) >= 11 is 0. The molecule has 1 aromatic heterocycles. The molecule has 1 saturated heterocycles. The van der Waals surface area contributed by atoms with Crippen LogP contribution < -0.4 is 0 Å². The second kappa shape index (κ2) is 5.07. The molecule has 1 aromatic carbocycles. The van der Waals surface area contributed by atoms with Crippen molar-refractivity contribution < 1.29 is 13.7 Å². The first-order valence-corrected chi connectivity index (χ1v) is 6.65. The summed E-state index contributed by atoms with van der Waals surface area (Å²) in [5.74, 6) is -0.222. The number of nitrogens with zero attached hydrogens (tertiary/aromatic N) is 2. The molecule has 1 unspecified atom stereocenters. The van der Waals surface area contributed by atoms with Gasteiger partial charge in [0, 0.05) is 12.6 Å². The van der Waals surface area contributed by atoms with Gasteiger partial charge in [0.1, 0.15) is 5.82 Å². The Morgan fingerprint density at radius 3 is 3.00 bits per heavy atom. The molecule has 1 aliphatic heterocycles. The molecular weight excluding hydrogens is 259 g/mol. The fraction of sp³-hybridized carbons (Fsp3) is 0.333. The molecule has 104 valence electrons. The lowest BCUT2D eigenvalue weighted by atomic mass is 10.0. The van der Waals surface area contributed by atoms with E-state index in [4.69, 9.17) is 4.52 Å². The van der Waals surface area contributed by atoms with Gasteiger partial charge in [-0.2, -0.15) is 0 Å². The molecule has 3 rings (SSSR count). The summed E-state index contributed by atoms with van der Waals surface area (Å²) in [6.45, 7) is 2.42. The first-order valence-electron chi connectivity index (χ1n) is 6.65. The Labute approximate surface area is 116 Å². The molecule has 1 fully saturated rings.